The summed E-state index contributed by atoms with van der Waals surface area (Å²) in [5.74, 6) is -0.862. The van der Waals surface area contributed by atoms with E-state index in [0.29, 0.717) is 0 Å². The third-order valence-corrected chi connectivity index (χ3v) is 1.97. The fourth-order valence-corrected chi connectivity index (χ4v) is 1.28. The normalized spacial score (nSPS) is 11.2. The zero-order chi connectivity index (χ0) is 13.9. The largest absolute Gasteiger partial charge is 0.573 e. The summed E-state index contributed by atoms with van der Waals surface area (Å²) in [6.07, 6.45) is -4.74. The highest BCUT2D eigenvalue weighted by Gasteiger charge is 2.30. The predicted molar refractivity (Wildman–Crippen MR) is 57.4 cm³/mol. The first-order valence-corrected chi connectivity index (χ1v) is 5.09. The Morgan fingerprint density at radius 1 is 0.895 bits per heavy atom. The van der Waals surface area contributed by atoms with E-state index in [4.69, 9.17) is 4.74 Å². The molecular formula is C12H7F4NO2. The molecule has 0 atom stereocenters. The maximum absolute atomic E-state index is 12.8. The minimum Gasteiger partial charge on any atom is -0.439 e. The van der Waals surface area contributed by atoms with Crippen molar-refractivity contribution in [3.8, 4) is 17.4 Å². The number of aromatic nitrogens is 1. The first-order chi connectivity index (χ1) is 8.92. The van der Waals surface area contributed by atoms with Gasteiger partial charge in [0.15, 0.2) is 0 Å². The molecule has 0 saturated carbocycles. The van der Waals surface area contributed by atoms with Crippen molar-refractivity contribution in [3.63, 3.8) is 0 Å². The zero-order valence-corrected chi connectivity index (χ0v) is 9.32. The van der Waals surface area contributed by atoms with Gasteiger partial charge in [-0.1, -0.05) is 6.07 Å². The van der Waals surface area contributed by atoms with Crippen molar-refractivity contribution in [3.05, 3.63) is 48.4 Å². The van der Waals surface area contributed by atoms with Crippen LogP contribution in [-0.2, 0) is 0 Å². The summed E-state index contributed by atoms with van der Waals surface area (Å²) in [5.41, 5.74) is 0. The Morgan fingerprint density at radius 3 is 2.11 bits per heavy atom. The number of nitrogens with zero attached hydrogens (tertiary/aromatic N) is 1. The minimum absolute atomic E-state index is 0.00416. The molecule has 1 heterocycles. The molecule has 19 heavy (non-hydrogen) atoms. The predicted octanol–water partition coefficient (Wildman–Crippen LogP) is 3.91. The van der Waals surface area contributed by atoms with Gasteiger partial charge in [0, 0.05) is 6.07 Å². The smallest absolute Gasteiger partial charge is 0.439 e. The van der Waals surface area contributed by atoms with Crippen molar-refractivity contribution in [2.24, 2.45) is 0 Å². The molecule has 2 aromatic rings. The fourth-order valence-electron chi connectivity index (χ4n) is 1.28. The Bertz CT molecular complexity index is 554. The standard InChI is InChI=1S/C12H7F4NO2/c13-10-2-1-3-11(17-10)18-8-4-6-9(7-5-8)19-12(14,15)16/h1-7H. The van der Waals surface area contributed by atoms with Crippen LogP contribution in [0.2, 0.25) is 0 Å². The second kappa shape index (κ2) is 5.13. The Morgan fingerprint density at radius 2 is 1.53 bits per heavy atom. The highest BCUT2D eigenvalue weighted by molar-refractivity contribution is 5.33. The van der Waals surface area contributed by atoms with Crippen LogP contribution in [-0.4, -0.2) is 11.3 Å². The second-order valence-corrected chi connectivity index (χ2v) is 3.42. The lowest BCUT2D eigenvalue weighted by Crippen LogP contribution is -2.16. The molecule has 0 aliphatic rings. The molecule has 1 aromatic carbocycles. The molecule has 2 rings (SSSR count). The van der Waals surface area contributed by atoms with Gasteiger partial charge in [0.1, 0.15) is 11.5 Å². The van der Waals surface area contributed by atoms with Gasteiger partial charge in [-0.05, 0) is 30.3 Å². The Labute approximate surface area is 105 Å². The summed E-state index contributed by atoms with van der Waals surface area (Å²) in [6.45, 7) is 0. The average molecular weight is 273 g/mol. The molecule has 0 fully saturated rings. The van der Waals surface area contributed by atoms with E-state index >= 15 is 0 Å². The molecule has 0 bridgehead atoms. The third kappa shape index (κ3) is 4.13. The van der Waals surface area contributed by atoms with E-state index in [2.05, 4.69) is 9.72 Å². The van der Waals surface area contributed by atoms with Crippen molar-refractivity contribution in [2.45, 2.75) is 6.36 Å². The molecule has 0 radical (unpaired) electrons. The zero-order valence-electron chi connectivity index (χ0n) is 9.32. The van der Waals surface area contributed by atoms with Gasteiger partial charge in [-0.15, -0.1) is 13.2 Å². The van der Waals surface area contributed by atoms with Crippen LogP contribution in [0.25, 0.3) is 0 Å². The van der Waals surface area contributed by atoms with Gasteiger partial charge in [-0.25, -0.2) is 0 Å². The number of ether oxygens (including phenoxy) is 2. The summed E-state index contributed by atoms with van der Waals surface area (Å²) in [5, 5.41) is 0. The van der Waals surface area contributed by atoms with E-state index in [1.165, 1.54) is 24.3 Å². The molecular weight excluding hydrogens is 266 g/mol. The number of alkyl halides is 3. The van der Waals surface area contributed by atoms with E-state index in [1.807, 2.05) is 0 Å². The van der Waals surface area contributed by atoms with Crippen molar-refractivity contribution in [2.75, 3.05) is 0 Å². The van der Waals surface area contributed by atoms with Crippen LogP contribution in [0.3, 0.4) is 0 Å². The van der Waals surface area contributed by atoms with Crippen LogP contribution in [0.1, 0.15) is 0 Å². The van der Waals surface area contributed by atoms with Crippen LogP contribution in [0.4, 0.5) is 17.6 Å². The van der Waals surface area contributed by atoms with Gasteiger partial charge >= 0.3 is 6.36 Å². The molecule has 0 saturated heterocycles. The topological polar surface area (TPSA) is 31.4 Å². The van der Waals surface area contributed by atoms with Crippen LogP contribution in [0, 0.1) is 5.95 Å². The SMILES string of the molecule is Fc1cccc(Oc2ccc(OC(F)(F)F)cc2)n1. The fraction of sp³-hybridized carbons (Fsp3) is 0.0833. The number of hydrogen-bond donors (Lipinski definition) is 0. The summed E-state index contributed by atoms with van der Waals surface area (Å²) in [7, 11) is 0. The molecule has 0 spiro atoms. The third-order valence-electron chi connectivity index (χ3n) is 1.97. The van der Waals surface area contributed by atoms with Gasteiger partial charge in [0.25, 0.3) is 0 Å². The highest BCUT2D eigenvalue weighted by Crippen LogP contribution is 2.26. The molecule has 3 nitrogen and oxygen atoms in total. The number of pyridine rings is 1. The van der Waals surface area contributed by atoms with Crippen molar-refractivity contribution < 1.29 is 27.0 Å². The molecule has 0 amide bonds. The molecule has 100 valence electrons. The average Bonchev–Trinajstić information content (AvgIpc) is 2.30. The molecule has 0 aliphatic carbocycles. The lowest BCUT2D eigenvalue weighted by molar-refractivity contribution is -0.274. The van der Waals surface area contributed by atoms with E-state index in [9.17, 15) is 17.6 Å². The number of benzene rings is 1. The van der Waals surface area contributed by atoms with E-state index < -0.39 is 12.3 Å². The number of rotatable bonds is 3. The monoisotopic (exact) mass is 273 g/mol. The maximum Gasteiger partial charge on any atom is 0.573 e. The first-order valence-electron chi connectivity index (χ1n) is 5.09. The first kappa shape index (κ1) is 13.1. The van der Waals surface area contributed by atoms with Gasteiger partial charge in [0.2, 0.25) is 11.8 Å². The van der Waals surface area contributed by atoms with Crippen molar-refractivity contribution >= 4 is 0 Å². The molecule has 0 aliphatic heterocycles. The van der Waals surface area contributed by atoms with Crippen LogP contribution >= 0.6 is 0 Å². The van der Waals surface area contributed by atoms with Crippen LogP contribution in [0.15, 0.2) is 42.5 Å². The number of halogens is 4. The quantitative estimate of drug-likeness (QED) is 0.627. The van der Waals surface area contributed by atoms with Gasteiger partial charge in [-0.2, -0.15) is 9.37 Å². The lowest BCUT2D eigenvalue weighted by atomic mass is 10.3. The second-order valence-electron chi connectivity index (χ2n) is 3.42. The Kier molecular flexibility index (Phi) is 3.55. The van der Waals surface area contributed by atoms with Gasteiger partial charge < -0.3 is 9.47 Å². The molecule has 0 unspecified atom stereocenters. The van der Waals surface area contributed by atoms with Crippen LogP contribution in [0.5, 0.6) is 17.4 Å². The lowest BCUT2D eigenvalue weighted by Gasteiger charge is -2.09. The molecule has 0 N–H and O–H groups in total. The summed E-state index contributed by atoms with van der Waals surface area (Å²) < 4.78 is 57.4. The highest BCUT2D eigenvalue weighted by atomic mass is 19.4. The van der Waals surface area contributed by atoms with Crippen LogP contribution < -0.4 is 9.47 Å². The summed E-state index contributed by atoms with van der Waals surface area (Å²) in [4.78, 5) is 3.45. The number of hydrogen-bond acceptors (Lipinski definition) is 3. The minimum atomic E-state index is -4.74. The Hall–Kier alpha value is -2.31. The molecule has 7 heteroatoms. The van der Waals surface area contributed by atoms with Crippen molar-refractivity contribution in [1.29, 1.82) is 0 Å². The van der Waals surface area contributed by atoms with E-state index in [1.54, 1.807) is 0 Å². The van der Waals surface area contributed by atoms with E-state index in [0.717, 1.165) is 18.2 Å². The van der Waals surface area contributed by atoms with E-state index in [-0.39, 0.29) is 17.4 Å². The summed E-state index contributed by atoms with van der Waals surface area (Å²) in [6, 6.07) is 8.65. The molecule has 1 aromatic heterocycles. The summed E-state index contributed by atoms with van der Waals surface area (Å²) >= 11 is 0. The Balaban J connectivity index is 2.07. The van der Waals surface area contributed by atoms with Gasteiger partial charge in [-0.3, -0.25) is 0 Å². The van der Waals surface area contributed by atoms with Gasteiger partial charge in [0.05, 0.1) is 0 Å². The van der Waals surface area contributed by atoms with Crippen molar-refractivity contribution in [1.82, 2.24) is 4.98 Å². The maximum atomic E-state index is 12.8.